The maximum absolute atomic E-state index is 12.7. The number of carbonyl (C=O) groups excluding carboxylic acids is 1. The third kappa shape index (κ3) is 4.72. The van der Waals surface area contributed by atoms with E-state index in [2.05, 4.69) is 10.4 Å². The van der Waals surface area contributed by atoms with Crippen LogP contribution >= 0.6 is 0 Å². The highest BCUT2D eigenvalue weighted by atomic mass is 32.2. The van der Waals surface area contributed by atoms with E-state index in [0.29, 0.717) is 18.7 Å². The molecule has 0 unspecified atom stereocenters. The van der Waals surface area contributed by atoms with Crippen LogP contribution in [0.25, 0.3) is 0 Å². The fourth-order valence-corrected chi connectivity index (χ4v) is 4.04. The smallest absolute Gasteiger partial charge is 0.325 e. The Morgan fingerprint density at radius 2 is 1.89 bits per heavy atom. The first kappa shape index (κ1) is 20.6. The number of carbonyl (C=O) groups is 2. The summed E-state index contributed by atoms with van der Waals surface area (Å²) in [6.07, 6.45) is 1.43. The van der Waals surface area contributed by atoms with E-state index in [1.165, 1.54) is 33.4 Å². The molecule has 146 valence electrons. The van der Waals surface area contributed by atoms with Crippen LogP contribution in [0.2, 0.25) is 0 Å². The number of nitrogens with zero attached hydrogens (tertiary/aromatic N) is 3. The van der Waals surface area contributed by atoms with E-state index in [9.17, 15) is 18.0 Å². The molecule has 2 N–H and O–H groups in total. The molecule has 0 atom stereocenters. The first-order chi connectivity index (χ1) is 12.7. The SMILES string of the molecule is CCN(CC)S(=O)(=O)c1ccc(C)c(C(=O)Nc2ccn(CC(=O)O)n2)c1. The van der Waals surface area contributed by atoms with Crippen molar-refractivity contribution in [3.8, 4) is 0 Å². The minimum atomic E-state index is -3.69. The Hall–Kier alpha value is -2.72. The summed E-state index contributed by atoms with van der Waals surface area (Å²) in [6, 6.07) is 5.86. The number of rotatable bonds is 8. The molecule has 0 aliphatic carbocycles. The van der Waals surface area contributed by atoms with Crippen LogP contribution in [0.1, 0.15) is 29.8 Å². The molecule has 0 aliphatic rings. The fourth-order valence-electron chi connectivity index (χ4n) is 2.56. The van der Waals surface area contributed by atoms with Gasteiger partial charge in [0, 0.05) is 30.9 Å². The molecule has 10 heteroatoms. The van der Waals surface area contributed by atoms with Crippen molar-refractivity contribution in [3.63, 3.8) is 0 Å². The lowest BCUT2D eigenvalue weighted by Crippen LogP contribution is -2.30. The normalized spacial score (nSPS) is 11.6. The van der Waals surface area contributed by atoms with E-state index in [-0.39, 0.29) is 22.8 Å². The number of carboxylic acids is 1. The van der Waals surface area contributed by atoms with E-state index in [4.69, 9.17) is 5.11 Å². The van der Waals surface area contributed by atoms with Crippen molar-refractivity contribution < 1.29 is 23.1 Å². The molecule has 2 rings (SSSR count). The monoisotopic (exact) mass is 394 g/mol. The number of sulfonamides is 1. The molecule has 0 spiro atoms. The van der Waals surface area contributed by atoms with E-state index in [0.717, 1.165) is 0 Å². The van der Waals surface area contributed by atoms with E-state index in [1.807, 2.05) is 0 Å². The van der Waals surface area contributed by atoms with Crippen molar-refractivity contribution in [1.82, 2.24) is 14.1 Å². The molecule has 9 nitrogen and oxygen atoms in total. The number of carboxylic acid groups (broad SMARTS) is 1. The average molecular weight is 394 g/mol. The maximum atomic E-state index is 12.7. The molecule has 0 fully saturated rings. The molecule has 2 aromatic rings. The Labute approximate surface area is 157 Å². The topological polar surface area (TPSA) is 122 Å². The Bertz CT molecular complexity index is 948. The molecule has 0 saturated carbocycles. The fraction of sp³-hybridized carbons (Fsp3) is 0.353. The van der Waals surface area contributed by atoms with Crippen LogP contribution in [0.5, 0.6) is 0 Å². The van der Waals surface area contributed by atoms with Crippen molar-refractivity contribution in [2.75, 3.05) is 18.4 Å². The van der Waals surface area contributed by atoms with Gasteiger partial charge in [-0.25, -0.2) is 8.42 Å². The number of nitrogens with one attached hydrogen (secondary N) is 1. The molecular weight excluding hydrogens is 372 g/mol. The summed E-state index contributed by atoms with van der Waals surface area (Å²) in [4.78, 5) is 23.3. The Morgan fingerprint density at radius 1 is 1.22 bits per heavy atom. The molecule has 0 radical (unpaired) electrons. The summed E-state index contributed by atoms with van der Waals surface area (Å²) in [5, 5.41) is 15.3. The highest BCUT2D eigenvalue weighted by molar-refractivity contribution is 7.89. The van der Waals surface area contributed by atoms with Gasteiger partial charge in [-0.2, -0.15) is 9.40 Å². The number of anilines is 1. The number of aromatic nitrogens is 2. The van der Waals surface area contributed by atoms with Gasteiger partial charge in [-0.05, 0) is 24.6 Å². The number of benzene rings is 1. The predicted octanol–water partition coefficient (Wildman–Crippen LogP) is 1.56. The van der Waals surface area contributed by atoms with Crippen LogP contribution in [0, 0.1) is 6.92 Å². The van der Waals surface area contributed by atoms with Crippen LogP contribution in [0.15, 0.2) is 35.4 Å². The lowest BCUT2D eigenvalue weighted by molar-refractivity contribution is -0.137. The van der Waals surface area contributed by atoms with Crippen LogP contribution in [-0.2, 0) is 21.4 Å². The first-order valence-electron chi connectivity index (χ1n) is 8.36. The number of hydrogen-bond donors (Lipinski definition) is 2. The van der Waals surface area contributed by atoms with Crippen molar-refractivity contribution in [2.45, 2.75) is 32.2 Å². The lowest BCUT2D eigenvalue weighted by Gasteiger charge is -2.19. The highest BCUT2D eigenvalue weighted by Crippen LogP contribution is 2.20. The van der Waals surface area contributed by atoms with Crippen LogP contribution in [0.3, 0.4) is 0 Å². The van der Waals surface area contributed by atoms with Gasteiger partial charge in [0.05, 0.1) is 4.90 Å². The summed E-state index contributed by atoms with van der Waals surface area (Å²) in [5.74, 6) is -1.40. The summed E-state index contributed by atoms with van der Waals surface area (Å²) < 4.78 is 27.8. The quantitative estimate of drug-likeness (QED) is 0.701. The zero-order valence-corrected chi connectivity index (χ0v) is 16.2. The van der Waals surface area contributed by atoms with Gasteiger partial charge in [-0.1, -0.05) is 19.9 Å². The number of amides is 1. The van der Waals surface area contributed by atoms with Gasteiger partial charge in [-0.15, -0.1) is 0 Å². The Morgan fingerprint density at radius 3 is 2.48 bits per heavy atom. The second kappa shape index (κ2) is 8.31. The van der Waals surface area contributed by atoms with Gasteiger partial charge in [0.25, 0.3) is 5.91 Å². The number of aliphatic carboxylic acids is 1. The molecule has 0 saturated heterocycles. The van der Waals surface area contributed by atoms with E-state index < -0.39 is 21.9 Å². The summed E-state index contributed by atoms with van der Waals surface area (Å²) >= 11 is 0. The summed E-state index contributed by atoms with van der Waals surface area (Å²) in [5.41, 5.74) is 0.812. The minimum Gasteiger partial charge on any atom is -0.480 e. The van der Waals surface area contributed by atoms with Gasteiger partial charge in [0.15, 0.2) is 5.82 Å². The Balaban J connectivity index is 2.29. The molecule has 1 amide bonds. The van der Waals surface area contributed by atoms with Crippen LogP contribution in [-0.4, -0.2) is 52.6 Å². The third-order valence-electron chi connectivity index (χ3n) is 3.98. The molecular formula is C17H22N4O5S. The standard InChI is InChI=1S/C17H22N4O5S/c1-4-21(5-2)27(25,26)13-7-6-12(3)14(10-13)17(24)18-15-8-9-20(19-15)11-16(22)23/h6-10H,4-5,11H2,1-3H3,(H,22,23)(H,18,19,24). The predicted molar refractivity (Wildman–Crippen MR) is 99.1 cm³/mol. The van der Waals surface area contributed by atoms with Gasteiger partial charge in [0.2, 0.25) is 10.0 Å². The van der Waals surface area contributed by atoms with Crippen molar-refractivity contribution in [2.24, 2.45) is 0 Å². The van der Waals surface area contributed by atoms with Crippen molar-refractivity contribution in [3.05, 3.63) is 41.6 Å². The van der Waals surface area contributed by atoms with E-state index >= 15 is 0 Å². The molecule has 1 aromatic carbocycles. The van der Waals surface area contributed by atoms with Crippen LogP contribution in [0.4, 0.5) is 5.82 Å². The minimum absolute atomic E-state index is 0.0401. The third-order valence-corrected chi connectivity index (χ3v) is 6.02. The zero-order chi connectivity index (χ0) is 20.2. The molecule has 1 aromatic heterocycles. The largest absolute Gasteiger partial charge is 0.480 e. The Kier molecular flexibility index (Phi) is 6.34. The zero-order valence-electron chi connectivity index (χ0n) is 15.3. The molecule has 27 heavy (non-hydrogen) atoms. The summed E-state index contributed by atoms with van der Waals surface area (Å²) in [7, 11) is -3.69. The second-order valence-electron chi connectivity index (χ2n) is 5.81. The molecule has 0 bridgehead atoms. The van der Waals surface area contributed by atoms with Gasteiger partial charge in [-0.3, -0.25) is 14.3 Å². The lowest BCUT2D eigenvalue weighted by atomic mass is 10.1. The van der Waals surface area contributed by atoms with Crippen LogP contribution < -0.4 is 5.32 Å². The second-order valence-corrected chi connectivity index (χ2v) is 7.75. The maximum Gasteiger partial charge on any atom is 0.325 e. The number of aryl methyl sites for hydroxylation is 1. The van der Waals surface area contributed by atoms with Crippen molar-refractivity contribution in [1.29, 1.82) is 0 Å². The molecule has 0 aliphatic heterocycles. The molecule has 1 heterocycles. The van der Waals surface area contributed by atoms with Gasteiger partial charge >= 0.3 is 5.97 Å². The first-order valence-corrected chi connectivity index (χ1v) is 9.80. The van der Waals surface area contributed by atoms with Crippen molar-refractivity contribution >= 4 is 27.7 Å². The van der Waals surface area contributed by atoms with E-state index in [1.54, 1.807) is 26.8 Å². The highest BCUT2D eigenvalue weighted by Gasteiger charge is 2.23. The number of hydrogen-bond acceptors (Lipinski definition) is 5. The summed E-state index contributed by atoms with van der Waals surface area (Å²) in [6.45, 7) is 5.52. The van der Waals surface area contributed by atoms with Gasteiger partial charge < -0.3 is 10.4 Å². The van der Waals surface area contributed by atoms with Gasteiger partial charge in [0.1, 0.15) is 6.54 Å². The average Bonchev–Trinajstić information content (AvgIpc) is 3.01.